The molecule has 3 saturated carbocycles. The topological polar surface area (TPSA) is 72.5 Å². The van der Waals surface area contributed by atoms with Gasteiger partial charge in [0.05, 0.1) is 17.4 Å². The van der Waals surface area contributed by atoms with Gasteiger partial charge in [-0.3, -0.25) is 4.79 Å². The lowest BCUT2D eigenvalue weighted by Gasteiger charge is -2.29. The maximum atomic E-state index is 14.6. The predicted octanol–water partition coefficient (Wildman–Crippen LogP) is 4.13. The van der Waals surface area contributed by atoms with Crippen LogP contribution in [-0.4, -0.2) is 32.1 Å². The molecule has 3 aliphatic rings. The van der Waals surface area contributed by atoms with Crippen LogP contribution in [0.5, 0.6) is 5.75 Å². The summed E-state index contributed by atoms with van der Waals surface area (Å²) in [6.45, 7) is 0.0658. The minimum absolute atomic E-state index is 0.0658. The van der Waals surface area contributed by atoms with Crippen LogP contribution in [0.25, 0.3) is 0 Å². The fourth-order valence-electron chi connectivity index (χ4n) is 3.86. The largest absolute Gasteiger partial charge is 0.493 e. The molecule has 5 nitrogen and oxygen atoms in total. The molecule has 0 saturated heterocycles. The number of ether oxygens (including phenoxy) is 1. The van der Waals surface area contributed by atoms with E-state index in [4.69, 9.17) is 4.74 Å². The second-order valence-corrected chi connectivity index (χ2v) is 10.4. The second-order valence-electron chi connectivity index (χ2n) is 8.45. The number of carbonyl (C=O) groups is 1. The van der Waals surface area contributed by atoms with Gasteiger partial charge in [0.1, 0.15) is 11.6 Å². The number of rotatable bonds is 7. The van der Waals surface area contributed by atoms with Crippen molar-refractivity contribution in [3.05, 3.63) is 29.1 Å². The van der Waals surface area contributed by atoms with Crippen molar-refractivity contribution in [2.75, 3.05) is 6.61 Å². The fourth-order valence-corrected chi connectivity index (χ4v) is 5.15. The molecule has 1 N–H and O–H groups in total. The van der Waals surface area contributed by atoms with Crippen LogP contribution in [-0.2, 0) is 10.0 Å². The number of hydrogen-bond donors (Lipinski definition) is 1. The van der Waals surface area contributed by atoms with Gasteiger partial charge in [-0.1, -0.05) is 0 Å². The molecule has 1 amide bonds. The lowest BCUT2D eigenvalue weighted by atomic mass is 9.87. The van der Waals surface area contributed by atoms with Gasteiger partial charge >= 0.3 is 0 Å². The van der Waals surface area contributed by atoms with E-state index in [9.17, 15) is 26.4 Å². The smallest absolute Gasteiger partial charge is 0.267 e. The molecule has 1 aromatic rings. The molecule has 0 bridgehead atoms. The average molecular weight is 431 g/mol. The van der Waals surface area contributed by atoms with Crippen molar-refractivity contribution >= 4 is 15.9 Å². The maximum Gasteiger partial charge on any atom is 0.267 e. The molecule has 29 heavy (non-hydrogen) atoms. The Kier molecular flexibility index (Phi) is 5.29. The molecule has 0 heterocycles. The van der Waals surface area contributed by atoms with E-state index < -0.39 is 32.9 Å². The molecule has 3 fully saturated rings. The Hall–Kier alpha value is -1.77. The van der Waals surface area contributed by atoms with Crippen LogP contribution in [0.1, 0.15) is 73.2 Å². The van der Waals surface area contributed by atoms with E-state index in [0.717, 1.165) is 18.9 Å². The summed E-state index contributed by atoms with van der Waals surface area (Å²) in [6, 6.07) is 2.42. The van der Waals surface area contributed by atoms with Crippen LogP contribution in [0.4, 0.5) is 13.2 Å². The second kappa shape index (κ2) is 7.49. The van der Waals surface area contributed by atoms with E-state index >= 15 is 0 Å². The fraction of sp³-hybridized carbons (Fsp3) is 0.650. The van der Waals surface area contributed by atoms with Crippen LogP contribution in [0.2, 0.25) is 0 Å². The van der Waals surface area contributed by atoms with Gasteiger partial charge in [-0.2, -0.15) is 0 Å². The Balaban J connectivity index is 1.50. The Morgan fingerprint density at radius 3 is 2.52 bits per heavy atom. The predicted molar refractivity (Wildman–Crippen MR) is 100 cm³/mol. The first-order valence-corrected chi connectivity index (χ1v) is 11.6. The van der Waals surface area contributed by atoms with Gasteiger partial charge in [0.25, 0.3) is 5.91 Å². The molecule has 1 unspecified atom stereocenters. The normalized spacial score (nSPS) is 24.2. The Bertz CT molecular complexity index is 911. The molecule has 9 heteroatoms. The maximum absolute atomic E-state index is 14.6. The molecule has 1 aromatic carbocycles. The third kappa shape index (κ3) is 4.87. The SMILES string of the molecule is O=C(NS(=O)(=O)C1CC1)c1cc(C2CC2)c(OCC2CCCC(F)(F)C2)cc1F. The number of halogens is 3. The van der Waals surface area contributed by atoms with Crippen molar-refractivity contribution in [3.63, 3.8) is 0 Å². The summed E-state index contributed by atoms with van der Waals surface area (Å²) < 4.78 is 73.4. The summed E-state index contributed by atoms with van der Waals surface area (Å²) in [4.78, 5) is 12.3. The molecule has 1 atom stereocenters. The highest BCUT2D eigenvalue weighted by atomic mass is 32.2. The number of hydrogen-bond acceptors (Lipinski definition) is 4. The molecule has 4 rings (SSSR count). The monoisotopic (exact) mass is 431 g/mol. The zero-order valence-corrected chi connectivity index (χ0v) is 16.7. The van der Waals surface area contributed by atoms with Crippen molar-refractivity contribution in [2.24, 2.45) is 5.92 Å². The van der Waals surface area contributed by atoms with E-state index in [1.807, 2.05) is 4.72 Å². The van der Waals surface area contributed by atoms with Gasteiger partial charge in [0.2, 0.25) is 15.9 Å². The first-order valence-electron chi connectivity index (χ1n) is 10.0. The molecule has 3 aliphatic carbocycles. The molecule has 0 radical (unpaired) electrons. The lowest BCUT2D eigenvalue weighted by molar-refractivity contribution is -0.0586. The van der Waals surface area contributed by atoms with Crippen LogP contribution >= 0.6 is 0 Å². The average Bonchev–Trinajstić information content (AvgIpc) is 3.51. The van der Waals surface area contributed by atoms with Crippen molar-refractivity contribution in [1.29, 1.82) is 0 Å². The van der Waals surface area contributed by atoms with E-state index in [0.29, 0.717) is 31.2 Å². The summed E-state index contributed by atoms with van der Waals surface area (Å²) in [5.74, 6) is -4.52. The number of sulfonamides is 1. The van der Waals surface area contributed by atoms with Gasteiger partial charge in [-0.25, -0.2) is 26.3 Å². The summed E-state index contributed by atoms with van der Waals surface area (Å²) in [5, 5.41) is -0.589. The summed E-state index contributed by atoms with van der Waals surface area (Å²) >= 11 is 0. The van der Waals surface area contributed by atoms with Gasteiger partial charge in [-0.05, 0) is 62.0 Å². The van der Waals surface area contributed by atoms with Crippen molar-refractivity contribution in [1.82, 2.24) is 4.72 Å². The number of carbonyl (C=O) groups excluding carboxylic acids is 1. The Labute approximate surface area is 168 Å². The van der Waals surface area contributed by atoms with Gasteiger partial charge < -0.3 is 4.74 Å². The molecule has 0 aromatic heterocycles. The summed E-state index contributed by atoms with van der Waals surface area (Å²) in [5.41, 5.74) is 0.288. The van der Waals surface area contributed by atoms with E-state index in [-0.39, 0.29) is 42.6 Å². The van der Waals surface area contributed by atoms with Crippen molar-refractivity contribution < 1.29 is 31.1 Å². The zero-order valence-electron chi connectivity index (χ0n) is 15.9. The number of amides is 1. The van der Waals surface area contributed by atoms with Crippen LogP contribution in [0, 0.1) is 11.7 Å². The first kappa shape index (κ1) is 20.5. The van der Waals surface area contributed by atoms with Crippen molar-refractivity contribution in [2.45, 2.75) is 68.5 Å². The molecule has 0 spiro atoms. The van der Waals surface area contributed by atoms with Crippen molar-refractivity contribution in [3.8, 4) is 5.75 Å². The third-order valence-corrected chi connectivity index (χ3v) is 7.60. The minimum Gasteiger partial charge on any atom is -0.493 e. The van der Waals surface area contributed by atoms with Crippen LogP contribution in [0.15, 0.2) is 12.1 Å². The number of alkyl halides is 2. The lowest BCUT2D eigenvalue weighted by Crippen LogP contribution is -2.33. The highest BCUT2D eigenvalue weighted by molar-refractivity contribution is 7.91. The van der Waals surface area contributed by atoms with E-state index in [1.54, 1.807) is 0 Å². The molecular formula is C20H24F3NO4S. The van der Waals surface area contributed by atoms with Crippen LogP contribution < -0.4 is 9.46 Å². The van der Waals surface area contributed by atoms with E-state index in [2.05, 4.69) is 0 Å². The number of nitrogens with one attached hydrogen (secondary N) is 1. The highest BCUT2D eigenvalue weighted by Gasteiger charge is 2.39. The van der Waals surface area contributed by atoms with E-state index in [1.165, 1.54) is 6.07 Å². The zero-order chi connectivity index (χ0) is 20.8. The molecule has 160 valence electrons. The number of benzene rings is 1. The Morgan fingerprint density at radius 2 is 1.90 bits per heavy atom. The quantitative estimate of drug-likeness (QED) is 0.705. The van der Waals surface area contributed by atoms with Crippen LogP contribution in [0.3, 0.4) is 0 Å². The third-order valence-electron chi connectivity index (χ3n) is 5.78. The van der Waals surface area contributed by atoms with Gasteiger partial charge in [-0.15, -0.1) is 0 Å². The highest BCUT2D eigenvalue weighted by Crippen LogP contribution is 2.45. The molecule has 0 aliphatic heterocycles. The van der Waals surface area contributed by atoms with Gasteiger partial charge in [0, 0.05) is 18.9 Å². The van der Waals surface area contributed by atoms with Gasteiger partial charge in [0.15, 0.2) is 0 Å². The first-order chi connectivity index (χ1) is 13.6. The standard InChI is InChI=1S/C20H24F3NO4S/c21-17-9-18(28-11-12-2-1-7-20(22,23)10-12)15(13-3-4-13)8-16(17)19(25)24-29(26,27)14-5-6-14/h8-9,12-14H,1-7,10-11H2,(H,24,25). The summed E-state index contributed by atoms with van der Waals surface area (Å²) in [6.07, 6.45) is 3.40. The minimum atomic E-state index is -3.78. The summed E-state index contributed by atoms with van der Waals surface area (Å²) in [7, 11) is -3.78. The molecular weight excluding hydrogens is 407 g/mol. The Morgan fingerprint density at radius 1 is 1.17 bits per heavy atom.